The molecule has 0 aliphatic carbocycles. The summed E-state index contributed by atoms with van der Waals surface area (Å²) in [6.45, 7) is 1.93. The number of hydrogen-bond donors (Lipinski definition) is 2. The molecule has 84 valence electrons. The first-order valence-corrected chi connectivity index (χ1v) is 5.62. The van der Waals surface area contributed by atoms with E-state index in [1.54, 1.807) is 11.3 Å². The first-order valence-electron chi connectivity index (χ1n) is 4.75. The molecule has 0 spiro atoms. The Morgan fingerprint density at radius 3 is 3.06 bits per heavy atom. The Balaban J connectivity index is 2.17. The van der Waals surface area contributed by atoms with E-state index < -0.39 is 5.82 Å². The number of aromatic nitrogens is 2. The molecule has 3 N–H and O–H groups in total. The molecule has 16 heavy (non-hydrogen) atoms. The molecule has 0 aliphatic rings. The van der Waals surface area contributed by atoms with Crippen LogP contribution in [0.5, 0.6) is 0 Å². The second-order valence-electron chi connectivity index (χ2n) is 3.31. The molecule has 0 saturated carbocycles. The highest BCUT2D eigenvalue weighted by atomic mass is 32.1. The van der Waals surface area contributed by atoms with Crippen molar-refractivity contribution in [2.45, 2.75) is 13.0 Å². The second-order valence-corrected chi connectivity index (χ2v) is 4.29. The largest absolute Gasteiger partial charge is 0.368 e. The molecular weight excluding hydrogens is 227 g/mol. The number of nitrogens with one attached hydrogen (secondary N) is 1. The molecule has 2 rings (SSSR count). The molecule has 6 heteroatoms. The van der Waals surface area contributed by atoms with Gasteiger partial charge in [-0.3, -0.25) is 0 Å². The number of halogens is 1. The Kier molecular flexibility index (Phi) is 3.00. The molecule has 2 aromatic heterocycles. The third kappa shape index (κ3) is 2.27. The van der Waals surface area contributed by atoms with Gasteiger partial charge in [0.15, 0.2) is 11.6 Å². The van der Waals surface area contributed by atoms with Crippen LogP contribution in [0.25, 0.3) is 0 Å². The molecule has 0 saturated heterocycles. The van der Waals surface area contributed by atoms with Crippen molar-refractivity contribution in [3.8, 4) is 0 Å². The van der Waals surface area contributed by atoms with Gasteiger partial charge in [0, 0.05) is 4.88 Å². The van der Waals surface area contributed by atoms with Gasteiger partial charge in [-0.25, -0.2) is 9.37 Å². The zero-order chi connectivity index (χ0) is 11.5. The van der Waals surface area contributed by atoms with E-state index in [1.165, 1.54) is 0 Å². The summed E-state index contributed by atoms with van der Waals surface area (Å²) >= 11 is 1.60. The van der Waals surface area contributed by atoms with Crippen molar-refractivity contribution < 1.29 is 4.39 Å². The van der Waals surface area contributed by atoms with E-state index >= 15 is 0 Å². The van der Waals surface area contributed by atoms with Gasteiger partial charge < -0.3 is 11.1 Å². The van der Waals surface area contributed by atoms with Gasteiger partial charge in [0.1, 0.15) is 0 Å². The van der Waals surface area contributed by atoms with Crippen LogP contribution >= 0.6 is 11.3 Å². The summed E-state index contributed by atoms with van der Waals surface area (Å²) in [4.78, 5) is 8.48. The highest BCUT2D eigenvalue weighted by Crippen LogP contribution is 2.23. The normalized spacial score (nSPS) is 12.4. The third-order valence-corrected chi connectivity index (χ3v) is 3.14. The number of thiophene rings is 1. The van der Waals surface area contributed by atoms with E-state index in [-0.39, 0.29) is 17.8 Å². The summed E-state index contributed by atoms with van der Waals surface area (Å²) in [7, 11) is 0. The summed E-state index contributed by atoms with van der Waals surface area (Å²) in [5.41, 5.74) is 5.40. The van der Waals surface area contributed by atoms with Crippen LogP contribution in [-0.2, 0) is 0 Å². The standard InChI is InChI=1S/C10H11FN4S/c1-6(8-3-2-4-16-8)14-9-7(11)5-13-10(12)15-9/h2-6H,1H3,(H3,12,13,14,15). The van der Waals surface area contributed by atoms with Crippen LogP contribution in [0.4, 0.5) is 16.2 Å². The number of hydrogen-bond acceptors (Lipinski definition) is 5. The van der Waals surface area contributed by atoms with Crippen molar-refractivity contribution in [3.63, 3.8) is 0 Å². The predicted molar refractivity (Wildman–Crippen MR) is 62.8 cm³/mol. The molecule has 2 aromatic rings. The van der Waals surface area contributed by atoms with E-state index in [4.69, 9.17) is 5.73 Å². The summed E-state index contributed by atoms with van der Waals surface area (Å²) < 4.78 is 13.3. The highest BCUT2D eigenvalue weighted by molar-refractivity contribution is 7.10. The van der Waals surface area contributed by atoms with Crippen LogP contribution in [-0.4, -0.2) is 9.97 Å². The maximum atomic E-state index is 13.3. The van der Waals surface area contributed by atoms with Gasteiger partial charge >= 0.3 is 0 Å². The lowest BCUT2D eigenvalue weighted by Gasteiger charge is -2.13. The Bertz CT molecular complexity index is 472. The number of nitrogens with two attached hydrogens (primary N) is 1. The zero-order valence-corrected chi connectivity index (χ0v) is 9.46. The van der Waals surface area contributed by atoms with Crippen molar-refractivity contribution in [1.82, 2.24) is 9.97 Å². The molecule has 0 radical (unpaired) electrons. The summed E-state index contributed by atoms with van der Waals surface area (Å²) in [6, 6.07) is 3.91. The SMILES string of the molecule is CC(Nc1nc(N)ncc1F)c1cccs1. The monoisotopic (exact) mass is 238 g/mol. The Morgan fingerprint density at radius 1 is 1.56 bits per heavy atom. The molecule has 1 unspecified atom stereocenters. The van der Waals surface area contributed by atoms with Gasteiger partial charge in [0.25, 0.3) is 0 Å². The minimum atomic E-state index is -0.502. The second kappa shape index (κ2) is 4.44. The zero-order valence-electron chi connectivity index (χ0n) is 8.64. The Hall–Kier alpha value is -1.69. The van der Waals surface area contributed by atoms with Crippen molar-refractivity contribution in [2.75, 3.05) is 11.1 Å². The van der Waals surface area contributed by atoms with E-state index in [0.29, 0.717) is 0 Å². The first kappa shape index (κ1) is 10.8. The minimum Gasteiger partial charge on any atom is -0.368 e. The van der Waals surface area contributed by atoms with Crippen LogP contribution in [0, 0.1) is 5.82 Å². The summed E-state index contributed by atoms with van der Waals surface area (Å²) in [6.07, 6.45) is 1.06. The maximum Gasteiger partial charge on any atom is 0.222 e. The third-order valence-electron chi connectivity index (χ3n) is 2.09. The molecular formula is C10H11FN4S. The average molecular weight is 238 g/mol. The van der Waals surface area contributed by atoms with Crippen molar-refractivity contribution in [1.29, 1.82) is 0 Å². The van der Waals surface area contributed by atoms with Crippen LogP contribution in [0.3, 0.4) is 0 Å². The molecule has 0 amide bonds. The van der Waals surface area contributed by atoms with E-state index in [1.807, 2.05) is 24.4 Å². The lowest BCUT2D eigenvalue weighted by atomic mass is 10.3. The molecule has 0 fully saturated rings. The van der Waals surface area contributed by atoms with E-state index in [9.17, 15) is 4.39 Å². The molecule has 0 aliphatic heterocycles. The van der Waals surface area contributed by atoms with Gasteiger partial charge in [-0.05, 0) is 18.4 Å². The van der Waals surface area contributed by atoms with Crippen LogP contribution in [0.15, 0.2) is 23.7 Å². The lowest BCUT2D eigenvalue weighted by Crippen LogP contribution is -2.10. The maximum absolute atomic E-state index is 13.3. The topological polar surface area (TPSA) is 63.8 Å². The predicted octanol–water partition coefficient (Wildman–Crippen LogP) is 2.43. The average Bonchev–Trinajstić information content (AvgIpc) is 2.76. The fraction of sp³-hybridized carbons (Fsp3) is 0.200. The number of nitrogen functional groups attached to an aromatic ring is 1. The van der Waals surface area contributed by atoms with Gasteiger partial charge in [-0.2, -0.15) is 4.98 Å². The number of anilines is 2. The van der Waals surface area contributed by atoms with E-state index in [2.05, 4.69) is 15.3 Å². The quantitative estimate of drug-likeness (QED) is 0.862. The van der Waals surface area contributed by atoms with Gasteiger partial charge in [-0.1, -0.05) is 6.07 Å². The Morgan fingerprint density at radius 2 is 2.38 bits per heavy atom. The number of rotatable bonds is 3. The van der Waals surface area contributed by atoms with E-state index in [0.717, 1.165) is 11.1 Å². The van der Waals surface area contributed by atoms with Gasteiger partial charge in [0.2, 0.25) is 5.95 Å². The first-order chi connectivity index (χ1) is 7.66. The molecule has 1 atom stereocenters. The Labute approximate surface area is 96.4 Å². The van der Waals surface area contributed by atoms with Crippen LogP contribution < -0.4 is 11.1 Å². The summed E-state index contributed by atoms with van der Waals surface area (Å²) in [5.74, 6) is -0.312. The van der Waals surface area contributed by atoms with Crippen molar-refractivity contribution in [3.05, 3.63) is 34.4 Å². The van der Waals surface area contributed by atoms with Crippen molar-refractivity contribution >= 4 is 23.1 Å². The fourth-order valence-electron chi connectivity index (χ4n) is 1.30. The highest BCUT2D eigenvalue weighted by Gasteiger charge is 2.11. The minimum absolute atomic E-state index is 0.0104. The van der Waals surface area contributed by atoms with Crippen molar-refractivity contribution in [2.24, 2.45) is 0 Å². The van der Waals surface area contributed by atoms with Gasteiger partial charge in [0.05, 0.1) is 12.2 Å². The van der Waals surface area contributed by atoms with Gasteiger partial charge in [-0.15, -0.1) is 11.3 Å². The smallest absolute Gasteiger partial charge is 0.222 e. The van der Waals surface area contributed by atoms with Crippen LogP contribution in [0.1, 0.15) is 17.8 Å². The number of nitrogens with zero attached hydrogens (tertiary/aromatic N) is 2. The fourth-order valence-corrected chi connectivity index (χ4v) is 2.03. The molecule has 0 bridgehead atoms. The lowest BCUT2D eigenvalue weighted by molar-refractivity contribution is 0.615. The molecule has 4 nitrogen and oxygen atoms in total. The molecule has 2 heterocycles. The van der Waals surface area contributed by atoms with Crippen LogP contribution in [0.2, 0.25) is 0 Å². The summed E-state index contributed by atoms with van der Waals surface area (Å²) in [5, 5.41) is 4.93. The molecule has 0 aromatic carbocycles.